The van der Waals surface area contributed by atoms with Gasteiger partial charge in [-0.15, -0.1) is 0 Å². The van der Waals surface area contributed by atoms with E-state index in [-0.39, 0.29) is 5.41 Å². The summed E-state index contributed by atoms with van der Waals surface area (Å²) in [6.07, 6.45) is 3.76. The maximum Gasteiger partial charge on any atom is 0.0382 e. The first-order valence-corrected chi connectivity index (χ1v) is 7.55. The number of hydrogen-bond acceptors (Lipinski definition) is 2. The van der Waals surface area contributed by atoms with Gasteiger partial charge in [-0.05, 0) is 61.9 Å². The minimum absolute atomic E-state index is 0.193. The smallest absolute Gasteiger partial charge is 0.0382 e. The molecule has 0 bridgehead atoms. The number of aryl methyl sites for hydroxylation is 1. The lowest BCUT2D eigenvalue weighted by Gasteiger charge is -2.27. The fourth-order valence-electron chi connectivity index (χ4n) is 2.81. The first-order valence-electron chi connectivity index (χ1n) is 7.55. The monoisotopic (exact) mass is 260 g/mol. The molecule has 1 fully saturated rings. The van der Waals surface area contributed by atoms with Gasteiger partial charge in [0.2, 0.25) is 0 Å². The highest BCUT2D eigenvalue weighted by atomic mass is 15.0. The second-order valence-electron chi connectivity index (χ2n) is 6.82. The van der Waals surface area contributed by atoms with E-state index in [1.807, 2.05) is 0 Å². The second kappa shape index (κ2) is 5.96. The third-order valence-electron chi connectivity index (χ3n) is 3.92. The van der Waals surface area contributed by atoms with Crippen molar-refractivity contribution in [1.82, 2.24) is 5.32 Å². The van der Waals surface area contributed by atoms with Crippen LogP contribution in [0.25, 0.3) is 0 Å². The molecule has 1 aliphatic heterocycles. The van der Waals surface area contributed by atoms with Crippen LogP contribution in [0, 0.1) is 6.92 Å². The van der Waals surface area contributed by atoms with Gasteiger partial charge in [-0.2, -0.15) is 0 Å². The van der Waals surface area contributed by atoms with Crippen molar-refractivity contribution in [1.29, 1.82) is 0 Å². The second-order valence-corrected chi connectivity index (χ2v) is 6.82. The highest BCUT2D eigenvalue weighted by Crippen LogP contribution is 2.31. The van der Waals surface area contributed by atoms with E-state index in [9.17, 15) is 0 Å². The Balaban J connectivity index is 2.20. The summed E-state index contributed by atoms with van der Waals surface area (Å²) in [7, 11) is 0. The van der Waals surface area contributed by atoms with E-state index in [4.69, 9.17) is 0 Å². The molecule has 0 radical (unpaired) electrons. The van der Waals surface area contributed by atoms with Gasteiger partial charge in [-0.25, -0.2) is 0 Å². The maximum atomic E-state index is 3.80. The first kappa shape index (κ1) is 14.4. The van der Waals surface area contributed by atoms with E-state index in [1.54, 1.807) is 0 Å². The van der Waals surface area contributed by atoms with Gasteiger partial charge in [0, 0.05) is 11.7 Å². The summed E-state index contributed by atoms with van der Waals surface area (Å²) in [6, 6.07) is 7.42. The van der Waals surface area contributed by atoms with Crippen LogP contribution in [0.4, 0.5) is 5.69 Å². The molecule has 0 aromatic heterocycles. The summed E-state index contributed by atoms with van der Waals surface area (Å²) in [6.45, 7) is 11.3. The first-order chi connectivity index (χ1) is 8.97. The molecule has 2 heteroatoms. The van der Waals surface area contributed by atoms with Gasteiger partial charge in [0.05, 0.1) is 0 Å². The Labute approximate surface area is 118 Å². The van der Waals surface area contributed by atoms with Crippen LogP contribution in [-0.2, 0) is 5.41 Å². The van der Waals surface area contributed by atoms with Crippen molar-refractivity contribution < 1.29 is 0 Å². The lowest BCUT2D eigenvalue weighted by Crippen LogP contribution is -2.24. The molecule has 1 aliphatic rings. The highest BCUT2D eigenvalue weighted by Gasteiger charge is 2.20. The molecule has 19 heavy (non-hydrogen) atoms. The van der Waals surface area contributed by atoms with Gasteiger partial charge in [0.25, 0.3) is 0 Å². The zero-order valence-electron chi connectivity index (χ0n) is 12.8. The van der Waals surface area contributed by atoms with Gasteiger partial charge in [-0.3, -0.25) is 0 Å². The van der Waals surface area contributed by atoms with Gasteiger partial charge in [0.1, 0.15) is 0 Å². The zero-order valence-corrected chi connectivity index (χ0v) is 12.8. The van der Waals surface area contributed by atoms with Crippen molar-refractivity contribution in [3.63, 3.8) is 0 Å². The summed E-state index contributed by atoms with van der Waals surface area (Å²) < 4.78 is 0. The molecule has 1 aromatic carbocycles. The molecule has 0 amide bonds. The van der Waals surface area contributed by atoms with E-state index in [0.29, 0.717) is 6.04 Å². The van der Waals surface area contributed by atoms with Crippen molar-refractivity contribution in [3.05, 3.63) is 29.3 Å². The van der Waals surface area contributed by atoms with Crippen molar-refractivity contribution in [2.75, 3.05) is 18.4 Å². The average Bonchev–Trinajstić information content (AvgIpc) is 2.56. The number of nitrogens with one attached hydrogen (secondary N) is 2. The molecule has 106 valence electrons. The number of anilines is 1. The molecule has 0 aliphatic carbocycles. The third-order valence-corrected chi connectivity index (χ3v) is 3.92. The third kappa shape index (κ3) is 3.97. The summed E-state index contributed by atoms with van der Waals surface area (Å²) in [5, 5.41) is 7.28. The number of benzene rings is 1. The number of hydrogen-bond donors (Lipinski definition) is 2. The van der Waals surface area contributed by atoms with Crippen LogP contribution in [-0.4, -0.2) is 19.1 Å². The summed E-state index contributed by atoms with van der Waals surface area (Å²) in [4.78, 5) is 0. The normalized spacial score (nSPS) is 20.9. The van der Waals surface area contributed by atoms with Crippen molar-refractivity contribution in [3.8, 4) is 0 Å². The predicted octanol–water partition coefficient (Wildman–Crippen LogP) is 3.85. The minimum atomic E-state index is 0.193. The van der Waals surface area contributed by atoms with E-state index in [0.717, 1.165) is 13.1 Å². The van der Waals surface area contributed by atoms with E-state index < -0.39 is 0 Å². The molecule has 1 heterocycles. The minimum Gasteiger partial charge on any atom is -0.382 e. The molecule has 1 saturated heterocycles. The highest BCUT2D eigenvalue weighted by molar-refractivity contribution is 5.56. The molecule has 0 spiro atoms. The molecule has 2 rings (SSSR count). The standard InChI is InChI=1S/C17H28N2/c1-13-7-8-15(17(2,3)4)16(12-13)19-14-6-5-10-18-11-9-14/h7-8,12,14,18-19H,5-6,9-11H2,1-4H3. The van der Waals surface area contributed by atoms with Crippen LogP contribution in [0.3, 0.4) is 0 Å². The van der Waals surface area contributed by atoms with Crippen molar-refractivity contribution >= 4 is 5.69 Å². The topological polar surface area (TPSA) is 24.1 Å². The quantitative estimate of drug-likeness (QED) is 0.844. The van der Waals surface area contributed by atoms with Gasteiger partial charge < -0.3 is 10.6 Å². The van der Waals surface area contributed by atoms with E-state index in [2.05, 4.69) is 56.5 Å². The fraction of sp³-hybridized carbons (Fsp3) is 0.647. The Morgan fingerprint density at radius 2 is 1.95 bits per heavy atom. The summed E-state index contributed by atoms with van der Waals surface area (Å²) in [5.74, 6) is 0. The molecular weight excluding hydrogens is 232 g/mol. The molecule has 1 aromatic rings. The van der Waals surface area contributed by atoms with Crippen LogP contribution in [0.1, 0.15) is 51.2 Å². The Morgan fingerprint density at radius 3 is 2.68 bits per heavy atom. The van der Waals surface area contributed by atoms with E-state index in [1.165, 1.54) is 36.1 Å². The van der Waals surface area contributed by atoms with E-state index >= 15 is 0 Å². The molecule has 1 unspecified atom stereocenters. The van der Waals surface area contributed by atoms with Crippen LogP contribution in [0.5, 0.6) is 0 Å². The molecule has 2 N–H and O–H groups in total. The maximum absolute atomic E-state index is 3.80. The summed E-state index contributed by atoms with van der Waals surface area (Å²) in [5.41, 5.74) is 4.29. The van der Waals surface area contributed by atoms with Crippen LogP contribution in [0.15, 0.2) is 18.2 Å². The molecule has 2 nitrogen and oxygen atoms in total. The SMILES string of the molecule is Cc1ccc(C(C)(C)C)c(NC2CCCNCC2)c1. The average molecular weight is 260 g/mol. The van der Waals surface area contributed by atoms with Crippen LogP contribution >= 0.6 is 0 Å². The van der Waals surface area contributed by atoms with Gasteiger partial charge in [-0.1, -0.05) is 32.9 Å². The lowest BCUT2D eigenvalue weighted by atomic mass is 9.85. The Hall–Kier alpha value is -1.02. The van der Waals surface area contributed by atoms with Crippen molar-refractivity contribution in [2.24, 2.45) is 0 Å². The Kier molecular flexibility index (Phi) is 4.51. The molecule has 0 saturated carbocycles. The van der Waals surface area contributed by atoms with Gasteiger partial charge >= 0.3 is 0 Å². The lowest BCUT2D eigenvalue weighted by molar-refractivity contribution is 0.585. The predicted molar refractivity (Wildman–Crippen MR) is 84.0 cm³/mol. The summed E-state index contributed by atoms with van der Waals surface area (Å²) >= 11 is 0. The van der Waals surface area contributed by atoms with Crippen LogP contribution in [0.2, 0.25) is 0 Å². The van der Waals surface area contributed by atoms with Crippen molar-refractivity contribution in [2.45, 2.75) is 58.4 Å². The Bertz CT molecular complexity index is 410. The number of rotatable bonds is 2. The zero-order chi connectivity index (χ0) is 13.9. The largest absolute Gasteiger partial charge is 0.382 e. The Morgan fingerprint density at radius 1 is 1.16 bits per heavy atom. The van der Waals surface area contributed by atoms with Crippen LogP contribution < -0.4 is 10.6 Å². The van der Waals surface area contributed by atoms with Gasteiger partial charge in [0.15, 0.2) is 0 Å². The molecule has 1 atom stereocenters. The fourth-order valence-corrected chi connectivity index (χ4v) is 2.81. The molecular formula is C17H28N2.